The van der Waals surface area contributed by atoms with Gasteiger partial charge in [-0.25, -0.2) is 0 Å². The topological polar surface area (TPSA) is 72.1 Å². The molecule has 2 aromatic rings. The number of rotatable bonds is 10. The summed E-state index contributed by atoms with van der Waals surface area (Å²) in [5.41, 5.74) is 2.95. The number of nitrogens with zero attached hydrogens (tertiary/aromatic N) is 1. The Bertz CT molecular complexity index is 855. The Hall–Kier alpha value is -2.13. The smallest absolute Gasteiger partial charge is 0.262 e. The van der Waals surface area contributed by atoms with E-state index in [1.165, 1.54) is 0 Å². The van der Waals surface area contributed by atoms with Crippen molar-refractivity contribution in [1.82, 2.24) is 10.2 Å². The maximum absolute atomic E-state index is 12.2. The van der Waals surface area contributed by atoms with Crippen molar-refractivity contribution in [2.24, 2.45) is 0 Å². The molecule has 0 atom stereocenters. The van der Waals surface area contributed by atoms with E-state index in [1.54, 1.807) is 7.11 Å². The van der Waals surface area contributed by atoms with E-state index in [0.717, 1.165) is 60.7 Å². The molecule has 0 radical (unpaired) electrons. The number of carbonyl (C=O) groups is 1. The number of ether oxygens (including phenoxy) is 3. The molecule has 8 heteroatoms. The number of hydrogen-bond donors (Lipinski definition) is 2. The molecule has 2 N–H and O–H groups in total. The van der Waals surface area contributed by atoms with Gasteiger partial charge in [0.15, 0.2) is 18.1 Å². The van der Waals surface area contributed by atoms with Gasteiger partial charge in [0.1, 0.15) is 0 Å². The molecule has 1 aliphatic rings. The Balaban J connectivity index is 1.49. The Kier molecular flexibility index (Phi) is 9.14. The molecule has 0 aliphatic carbocycles. The summed E-state index contributed by atoms with van der Waals surface area (Å²) in [6.45, 7) is 8.12. The third kappa shape index (κ3) is 7.50. The quantitative estimate of drug-likeness (QED) is 0.497. The summed E-state index contributed by atoms with van der Waals surface area (Å²) in [5.74, 6) is 0.868. The van der Waals surface area contributed by atoms with Crippen LogP contribution in [-0.4, -0.2) is 63.9 Å². The first kappa shape index (κ1) is 23.5. The lowest BCUT2D eigenvalue weighted by molar-refractivity contribution is -0.118. The standard InChI is InChI=1S/C23H30BrN3O4/c1-17-3-5-19(6-4-17)26-22(28)16-31-23-20(24)13-18(14-21(23)29-2)15-25-7-8-27-9-11-30-12-10-27/h3-6,13-14,25H,7-12,15-16H2,1-2H3,(H,26,28). The van der Waals surface area contributed by atoms with Crippen molar-refractivity contribution < 1.29 is 19.0 Å². The van der Waals surface area contributed by atoms with Crippen LogP contribution in [-0.2, 0) is 16.1 Å². The van der Waals surface area contributed by atoms with Gasteiger partial charge in [0.2, 0.25) is 0 Å². The number of benzene rings is 2. The van der Waals surface area contributed by atoms with E-state index in [1.807, 2.05) is 43.3 Å². The Morgan fingerprint density at radius 1 is 1.19 bits per heavy atom. The molecule has 7 nitrogen and oxygen atoms in total. The van der Waals surface area contributed by atoms with Crippen LogP contribution < -0.4 is 20.1 Å². The van der Waals surface area contributed by atoms with E-state index in [4.69, 9.17) is 14.2 Å². The molecule has 0 unspecified atom stereocenters. The van der Waals surface area contributed by atoms with Crippen molar-refractivity contribution in [3.63, 3.8) is 0 Å². The van der Waals surface area contributed by atoms with Crippen molar-refractivity contribution in [3.8, 4) is 11.5 Å². The highest BCUT2D eigenvalue weighted by molar-refractivity contribution is 9.10. The average molecular weight is 492 g/mol. The van der Waals surface area contributed by atoms with Crippen molar-refractivity contribution in [2.75, 3.05) is 58.4 Å². The van der Waals surface area contributed by atoms with Crippen LogP contribution in [0, 0.1) is 6.92 Å². The van der Waals surface area contributed by atoms with E-state index in [9.17, 15) is 4.79 Å². The van der Waals surface area contributed by atoms with Gasteiger partial charge in [-0.2, -0.15) is 0 Å². The molecule has 1 saturated heterocycles. The molecule has 0 bridgehead atoms. The molecule has 3 rings (SSSR count). The third-order valence-electron chi connectivity index (χ3n) is 5.01. The molecular formula is C23H30BrN3O4. The van der Waals surface area contributed by atoms with Crippen LogP contribution in [0.4, 0.5) is 5.69 Å². The average Bonchev–Trinajstić information content (AvgIpc) is 2.78. The van der Waals surface area contributed by atoms with E-state index in [-0.39, 0.29) is 12.5 Å². The summed E-state index contributed by atoms with van der Waals surface area (Å²) in [5, 5.41) is 6.29. The van der Waals surface area contributed by atoms with Crippen LogP contribution in [0.3, 0.4) is 0 Å². The summed E-state index contributed by atoms with van der Waals surface area (Å²) in [6.07, 6.45) is 0. The second kappa shape index (κ2) is 12.0. The van der Waals surface area contributed by atoms with E-state index in [2.05, 4.69) is 31.5 Å². The highest BCUT2D eigenvalue weighted by Gasteiger charge is 2.14. The minimum atomic E-state index is -0.230. The van der Waals surface area contributed by atoms with Crippen LogP contribution in [0.2, 0.25) is 0 Å². The summed E-state index contributed by atoms with van der Waals surface area (Å²) in [4.78, 5) is 14.6. The number of halogens is 1. The molecule has 1 fully saturated rings. The number of nitrogens with one attached hydrogen (secondary N) is 2. The monoisotopic (exact) mass is 491 g/mol. The maximum Gasteiger partial charge on any atom is 0.262 e. The normalized spacial score (nSPS) is 14.3. The first-order valence-corrected chi connectivity index (χ1v) is 11.2. The van der Waals surface area contributed by atoms with Crippen molar-refractivity contribution in [3.05, 3.63) is 52.0 Å². The van der Waals surface area contributed by atoms with Crippen LogP contribution in [0.25, 0.3) is 0 Å². The first-order chi connectivity index (χ1) is 15.0. The summed E-state index contributed by atoms with van der Waals surface area (Å²) < 4.78 is 17.4. The van der Waals surface area contributed by atoms with Gasteiger partial charge in [-0.05, 0) is 52.7 Å². The Morgan fingerprint density at radius 2 is 1.94 bits per heavy atom. The van der Waals surface area contributed by atoms with Crippen molar-refractivity contribution in [1.29, 1.82) is 0 Å². The highest BCUT2D eigenvalue weighted by atomic mass is 79.9. The van der Waals surface area contributed by atoms with Crippen molar-refractivity contribution in [2.45, 2.75) is 13.5 Å². The molecule has 0 saturated carbocycles. The largest absolute Gasteiger partial charge is 0.493 e. The van der Waals surface area contributed by atoms with Crippen molar-refractivity contribution >= 4 is 27.5 Å². The summed E-state index contributed by atoms with van der Waals surface area (Å²) in [7, 11) is 1.59. The predicted molar refractivity (Wildman–Crippen MR) is 125 cm³/mol. The van der Waals surface area contributed by atoms with E-state index < -0.39 is 0 Å². The minimum Gasteiger partial charge on any atom is -0.493 e. The van der Waals surface area contributed by atoms with Gasteiger partial charge in [-0.15, -0.1) is 0 Å². The number of carbonyl (C=O) groups excluding carboxylic acids is 1. The molecule has 1 aliphatic heterocycles. The fourth-order valence-electron chi connectivity index (χ4n) is 3.28. The molecule has 31 heavy (non-hydrogen) atoms. The number of hydrogen-bond acceptors (Lipinski definition) is 6. The molecule has 0 spiro atoms. The Morgan fingerprint density at radius 3 is 2.65 bits per heavy atom. The lowest BCUT2D eigenvalue weighted by atomic mass is 10.2. The summed E-state index contributed by atoms with van der Waals surface area (Å²) in [6, 6.07) is 11.5. The zero-order valence-corrected chi connectivity index (χ0v) is 19.7. The van der Waals surface area contributed by atoms with Gasteiger partial charge >= 0.3 is 0 Å². The van der Waals surface area contributed by atoms with Crippen LogP contribution in [0.15, 0.2) is 40.9 Å². The first-order valence-electron chi connectivity index (χ1n) is 10.4. The highest BCUT2D eigenvalue weighted by Crippen LogP contribution is 2.36. The fraction of sp³-hybridized carbons (Fsp3) is 0.435. The number of methoxy groups -OCH3 is 1. The second-order valence-electron chi connectivity index (χ2n) is 7.44. The van der Waals surface area contributed by atoms with E-state index in [0.29, 0.717) is 18.0 Å². The van der Waals surface area contributed by atoms with Gasteiger partial charge in [0.05, 0.1) is 24.8 Å². The number of anilines is 1. The fourth-order valence-corrected chi connectivity index (χ4v) is 3.89. The summed E-state index contributed by atoms with van der Waals surface area (Å²) >= 11 is 3.55. The number of aryl methyl sites for hydroxylation is 1. The maximum atomic E-state index is 12.2. The van der Waals surface area contributed by atoms with Crippen LogP contribution in [0.1, 0.15) is 11.1 Å². The lowest BCUT2D eigenvalue weighted by Gasteiger charge is -2.26. The molecule has 0 aromatic heterocycles. The zero-order chi connectivity index (χ0) is 22.1. The SMILES string of the molecule is COc1cc(CNCCN2CCOCC2)cc(Br)c1OCC(=O)Nc1ccc(C)cc1. The molecule has 1 amide bonds. The molecule has 168 valence electrons. The minimum absolute atomic E-state index is 0.111. The number of amides is 1. The van der Waals surface area contributed by atoms with Crippen LogP contribution in [0.5, 0.6) is 11.5 Å². The predicted octanol–water partition coefficient (Wildman–Crippen LogP) is 3.21. The molecule has 2 aromatic carbocycles. The van der Waals surface area contributed by atoms with Gasteiger partial charge in [-0.3, -0.25) is 9.69 Å². The Labute approximate surface area is 192 Å². The van der Waals surface area contributed by atoms with Crippen LogP contribution >= 0.6 is 15.9 Å². The number of morpholine rings is 1. The zero-order valence-electron chi connectivity index (χ0n) is 18.1. The second-order valence-corrected chi connectivity index (χ2v) is 8.30. The van der Waals surface area contributed by atoms with E-state index >= 15 is 0 Å². The van der Waals surface area contributed by atoms with Gasteiger partial charge in [0, 0.05) is 38.4 Å². The van der Waals surface area contributed by atoms with Gasteiger partial charge in [0.25, 0.3) is 5.91 Å². The molecule has 1 heterocycles. The third-order valence-corrected chi connectivity index (χ3v) is 5.60. The lowest BCUT2D eigenvalue weighted by Crippen LogP contribution is -2.40. The van der Waals surface area contributed by atoms with Gasteiger partial charge in [-0.1, -0.05) is 17.7 Å². The van der Waals surface area contributed by atoms with Gasteiger partial charge < -0.3 is 24.8 Å². The molecular weight excluding hydrogens is 462 g/mol.